The van der Waals surface area contributed by atoms with Crippen molar-refractivity contribution >= 4 is 34.8 Å². The van der Waals surface area contributed by atoms with Crippen LogP contribution in [0.15, 0.2) is 78.2 Å². The Morgan fingerprint density at radius 2 is 1.70 bits per heavy atom. The molecule has 1 aliphatic heterocycles. The van der Waals surface area contributed by atoms with Gasteiger partial charge in [0.05, 0.1) is 28.0 Å². The van der Waals surface area contributed by atoms with Crippen molar-refractivity contribution < 1.29 is 27.5 Å². The lowest BCUT2D eigenvalue weighted by molar-refractivity contribution is -0.137. The molecule has 0 bridgehead atoms. The average molecular weight is 560 g/mol. The van der Waals surface area contributed by atoms with Gasteiger partial charge in [-0.15, -0.1) is 11.3 Å². The number of halogens is 3. The Morgan fingerprint density at radius 3 is 2.35 bits per heavy atom. The molecule has 2 amide bonds. The van der Waals surface area contributed by atoms with E-state index >= 15 is 0 Å². The quantitative estimate of drug-likeness (QED) is 0.178. The van der Waals surface area contributed by atoms with Crippen LogP contribution < -0.4 is 4.74 Å². The van der Waals surface area contributed by atoms with E-state index in [-0.39, 0.29) is 25.0 Å². The first-order valence-corrected chi connectivity index (χ1v) is 13.0. The van der Waals surface area contributed by atoms with E-state index in [9.17, 15) is 28.0 Å². The van der Waals surface area contributed by atoms with Gasteiger partial charge in [0.1, 0.15) is 23.4 Å². The van der Waals surface area contributed by atoms with E-state index in [2.05, 4.69) is 11.1 Å². The number of thiazole rings is 1. The van der Waals surface area contributed by atoms with Crippen LogP contribution in [0.1, 0.15) is 48.1 Å². The summed E-state index contributed by atoms with van der Waals surface area (Å²) in [7, 11) is 0. The molecule has 0 saturated heterocycles. The summed E-state index contributed by atoms with van der Waals surface area (Å²) in [5.41, 5.74) is 2.18. The van der Waals surface area contributed by atoms with Crippen molar-refractivity contribution in [3.8, 4) is 11.8 Å². The smallest absolute Gasteiger partial charge is 0.416 e. The third-order valence-corrected chi connectivity index (χ3v) is 7.15. The number of hydrogen-bond donors (Lipinski definition) is 0. The van der Waals surface area contributed by atoms with Crippen molar-refractivity contribution in [2.75, 3.05) is 6.54 Å². The third-order valence-electron chi connectivity index (χ3n) is 6.22. The Labute approximate surface area is 231 Å². The summed E-state index contributed by atoms with van der Waals surface area (Å²) >= 11 is 1.29. The van der Waals surface area contributed by atoms with Gasteiger partial charge in [-0.05, 0) is 53.6 Å². The predicted octanol–water partition coefficient (Wildman–Crippen LogP) is 6.64. The van der Waals surface area contributed by atoms with Crippen LogP contribution in [0.25, 0.3) is 11.6 Å². The molecule has 0 aliphatic carbocycles. The van der Waals surface area contributed by atoms with Gasteiger partial charge in [0, 0.05) is 18.3 Å². The Kier molecular flexibility index (Phi) is 7.49. The van der Waals surface area contributed by atoms with Crippen LogP contribution in [0.5, 0.6) is 5.75 Å². The second kappa shape index (κ2) is 11.2. The average Bonchev–Trinajstić information content (AvgIpc) is 3.52. The topological polar surface area (TPSA) is 83.3 Å². The largest absolute Gasteiger partial charge is 0.489 e. The molecule has 0 N–H and O–H groups in total. The van der Waals surface area contributed by atoms with E-state index in [1.165, 1.54) is 22.3 Å². The number of aromatic nitrogens is 1. The van der Waals surface area contributed by atoms with Crippen LogP contribution in [-0.2, 0) is 19.2 Å². The first kappa shape index (κ1) is 26.8. The normalized spacial score (nSPS) is 13.3. The number of carbonyl (C=O) groups excluding carboxylic acids is 2. The predicted molar refractivity (Wildman–Crippen MR) is 143 cm³/mol. The maximum atomic E-state index is 12.9. The van der Waals surface area contributed by atoms with E-state index in [0.29, 0.717) is 50.7 Å². The Morgan fingerprint density at radius 1 is 1.00 bits per heavy atom. The third kappa shape index (κ3) is 5.80. The Hall–Kier alpha value is -4.75. The number of carbonyl (C=O) groups is 2. The second-order valence-corrected chi connectivity index (χ2v) is 9.79. The molecular formula is C30H20F3N3O3S. The fourth-order valence-electron chi connectivity index (χ4n) is 4.19. The van der Waals surface area contributed by atoms with Crippen molar-refractivity contribution in [3.63, 3.8) is 0 Å². The summed E-state index contributed by atoms with van der Waals surface area (Å²) in [5, 5.41) is 12.0. The molecule has 0 saturated carbocycles. The van der Waals surface area contributed by atoms with Gasteiger partial charge in [0.15, 0.2) is 0 Å². The zero-order chi connectivity index (χ0) is 28.3. The maximum Gasteiger partial charge on any atom is 0.416 e. The van der Waals surface area contributed by atoms with Gasteiger partial charge in [-0.2, -0.15) is 18.4 Å². The highest BCUT2D eigenvalue weighted by atomic mass is 32.1. The molecular weight excluding hydrogens is 539 g/mol. The number of fused-ring (bicyclic) bond motifs is 1. The molecule has 0 unspecified atom stereocenters. The molecule has 5 rings (SSSR count). The number of nitrogens with zero attached hydrogens (tertiary/aromatic N) is 3. The maximum absolute atomic E-state index is 12.9. The van der Waals surface area contributed by atoms with Gasteiger partial charge in [0.25, 0.3) is 11.8 Å². The number of rotatable bonds is 8. The van der Waals surface area contributed by atoms with E-state index in [1.54, 1.807) is 66.1 Å². The van der Waals surface area contributed by atoms with Crippen LogP contribution in [0.3, 0.4) is 0 Å². The number of ether oxygens (including phenoxy) is 1. The van der Waals surface area contributed by atoms with E-state index in [0.717, 1.165) is 12.1 Å². The second-order valence-electron chi connectivity index (χ2n) is 8.93. The molecule has 0 spiro atoms. The Balaban J connectivity index is 1.20. The van der Waals surface area contributed by atoms with Crippen molar-refractivity contribution in [1.29, 1.82) is 5.26 Å². The highest BCUT2D eigenvalue weighted by molar-refractivity contribution is 7.11. The zero-order valence-electron chi connectivity index (χ0n) is 20.8. The van der Waals surface area contributed by atoms with Crippen molar-refractivity contribution in [2.24, 2.45) is 0 Å². The molecule has 40 heavy (non-hydrogen) atoms. The first-order chi connectivity index (χ1) is 19.2. The lowest BCUT2D eigenvalue weighted by Crippen LogP contribution is -2.31. The lowest BCUT2D eigenvalue weighted by atomic mass is 10.1. The van der Waals surface area contributed by atoms with Gasteiger partial charge in [-0.25, -0.2) is 4.98 Å². The number of amides is 2. The molecule has 0 radical (unpaired) electrons. The number of imide groups is 1. The zero-order valence-corrected chi connectivity index (χ0v) is 21.6. The highest BCUT2D eigenvalue weighted by Gasteiger charge is 2.34. The summed E-state index contributed by atoms with van der Waals surface area (Å²) in [4.78, 5) is 30.9. The van der Waals surface area contributed by atoms with Gasteiger partial charge >= 0.3 is 6.18 Å². The van der Waals surface area contributed by atoms with Gasteiger partial charge in [-0.1, -0.05) is 36.4 Å². The van der Waals surface area contributed by atoms with Crippen LogP contribution in [0.2, 0.25) is 0 Å². The number of hydrogen-bond acceptors (Lipinski definition) is 6. The molecule has 0 fully saturated rings. The van der Waals surface area contributed by atoms with Crippen LogP contribution >= 0.6 is 11.3 Å². The van der Waals surface area contributed by atoms with Gasteiger partial charge in [0.2, 0.25) is 0 Å². The van der Waals surface area contributed by atoms with Gasteiger partial charge < -0.3 is 4.74 Å². The molecule has 1 aliphatic rings. The number of benzene rings is 3. The van der Waals surface area contributed by atoms with Crippen LogP contribution in [0, 0.1) is 11.3 Å². The fourth-order valence-corrected chi connectivity index (χ4v) is 5.01. The standard InChI is InChI=1S/C30H20F3N3O3S/c31-30(32,33)22-5-3-4-20(15-22)17-39-24-10-8-19(9-11-24)14-21(16-34)27-35-23(18-40-27)12-13-36-28(37)25-6-1-2-7-26(25)29(36)38/h1-11,14-15,18H,12-13,17H2/b21-14+. The minimum Gasteiger partial charge on any atom is -0.489 e. The number of allylic oxidation sites excluding steroid dienone is 1. The number of alkyl halides is 3. The summed E-state index contributed by atoms with van der Waals surface area (Å²) in [5.74, 6) is -0.176. The van der Waals surface area contributed by atoms with E-state index in [4.69, 9.17) is 4.74 Å². The molecule has 4 aromatic rings. The molecule has 3 aromatic carbocycles. The summed E-state index contributed by atoms with van der Waals surface area (Å²) in [6.45, 7) is 0.161. The molecule has 1 aromatic heterocycles. The summed E-state index contributed by atoms with van der Waals surface area (Å²) in [6, 6.07) is 20.6. The minimum atomic E-state index is -4.42. The Bertz CT molecular complexity index is 1620. The van der Waals surface area contributed by atoms with E-state index in [1.807, 2.05) is 0 Å². The monoisotopic (exact) mass is 559 g/mol. The number of nitriles is 1. The van der Waals surface area contributed by atoms with Gasteiger partial charge in [-0.3, -0.25) is 14.5 Å². The summed E-state index contributed by atoms with van der Waals surface area (Å²) < 4.78 is 44.4. The van der Waals surface area contributed by atoms with E-state index < -0.39 is 11.7 Å². The lowest BCUT2D eigenvalue weighted by Gasteiger charge is -2.12. The molecule has 6 nitrogen and oxygen atoms in total. The van der Waals surface area contributed by atoms with Crippen molar-refractivity contribution in [1.82, 2.24) is 9.88 Å². The summed E-state index contributed by atoms with van der Waals surface area (Å²) in [6.07, 6.45) is -2.39. The first-order valence-electron chi connectivity index (χ1n) is 12.1. The highest BCUT2D eigenvalue weighted by Crippen LogP contribution is 2.30. The minimum absolute atomic E-state index is 0.0227. The van der Waals surface area contributed by atoms with Crippen LogP contribution in [-0.4, -0.2) is 28.2 Å². The molecule has 10 heteroatoms. The molecule has 2 heterocycles. The SMILES string of the molecule is N#C/C(=C\c1ccc(OCc2cccc(C(F)(F)F)c2)cc1)c1nc(CCN2C(=O)c3ccccc3C2=O)cs1. The van der Waals surface area contributed by atoms with Crippen LogP contribution in [0.4, 0.5) is 13.2 Å². The molecule has 200 valence electrons. The van der Waals surface area contributed by atoms with Crippen molar-refractivity contribution in [2.45, 2.75) is 19.2 Å². The molecule has 0 atom stereocenters. The fraction of sp³-hybridized carbons (Fsp3) is 0.133. The van der Waals surface area contributed by atoms with Crippen molar-refractivity contribution in [3.05, 3.63) is 117 Å².